The number of halogens is 1. The molecule has 0 saturated heterocycles. The SMILES string of the molecule is COc1c(C)cc(Br)cc1C(=O)Nc1ccc(C(=O)O)c(O)c1. The summed E-state index contributed by atoms with van der Waals surface area (Å²) in [5.41, 5.74) is 1.15. The number of aryl methyl sites for hydroxylation is 1. The summed E-state index contributed by atoms with van der Waals surface area (Å²) in [4.78, 5) is 23.3. The van der Waals surface area contributed by atoms with Crippen LogP contribution in [0.3, 0.4) is 0 Å². The van der Waals surface area contributed by atoms with E-state index in [2.05, 4.69) is 21.2 Å². The van der Waals surface area contributed by atoms with Crippen LogP contribution in [-0.2, 0) is 0 Å². The van der Waals surface area contributed by atoms with E-state index in [9.17, 15) is 14.7 Å². The fraction of sp³-hybridized carbons (Fsp3) is 0.125. The van der Waals surface area contributed by atoms with E-state index in [0.717, 1.165) is 10.0 Å². The Kier molecular flexibility index (Phi) is 4.90. The highest BCUT2D eigenvalue weighted by atomic mass is 79.9. The molecule has 23 heavy (non-hydrogen) atoms. The topological polar surface area (TPSA) is 95.9 Å². The number of carbonyl (C=O) groups is 2. The number of hydrogen-bond donors (Lipinski definition) is 3. The van der Waals surface area contributed by atoms with Gasteiger partial charge < -0.3 is 20.3 Å². The van der Waals surface area contributed by atoms with Crippen molar-refractivity contribution in [1.82, 2.24) is 0 Å². The summed E-state index contributed by atoms with van der Waals surface area (Å²) < 4.78 is 5.98. The summed E-state index contributed by atoms with van der Waals surface area (Å²) in [6.45, 7) is 1.81. The van der Waals surface area contributed by atoms with Crippen LogP contribution >= 0.6 is 15.9 Å². The summed E-state index contributed by atoms with van der Waals surface area (Å²) in [6, 6.07) is 7.24. The molecule has 0 atom stereocenters. The minimum Gasteiger partial charge on any atom is -0.507 e. The molecule has 0 aliphatic carbocycles. The zero-order chi connectivity index (χ0) is 17.1. The molecule has 1 amide bonds. The quantitative estimate of drug-likeness (QED) is 0.756. The molecule has 0 bridgehead atoms. The number of carbonyl (C=O) groups excluding carboxylic acids is 1. The Hall–Kier alpha value is -2.54. The average molecular weight is 380 g/mol. The van der Waals surface area contributed by atoms with E-state index in [0.29, 0.717) is 11.3 Å². The molecule has 0 heterocycles. The van der Waals surface area contributed by atoms with Crippen molar-refractivity contribution in [1.29, 1.82) is 0 Å². The van der Waals surface area contributed by atoms with Gasteiger partial charge in [0.1, 0.15) is 17.1 Å². The molecule has 2 rings (SSSR count). The predicted octanol–water partition coefficient (Wildman–Crippen LogP) is 3.42. The molecule has 3 N–H and O–H groups in total. The second-order valence-corrected chi connectivity index (χ2v) is 5.71. The Morgan fingerprint density at radius 1 is 1.17 bits per heavy atom. The molecular weight excluding hydrogens is 366 g/mol. The van der Waals surface area contributed by atoms with Crippen molar-refractivity contribution in [3.05, 3.63) is 51.5 Å². The largest absolute Gasteiger partial charge is 0.507 e. The predicted molar refractivity (Wildman–Crippen MR) is 88.5 cm³/mol. The highest BCUT2D eigenvalue weighted by Crippen LogP contribution is 2.29. The van der Waals surface area contributed by atoms with Gasteiger partial charge in [0.25, 0.3) is 5.91 Å². The Morgan fingerprint density at radius 2 is 1.87 bits per heavy atom. The zero-order valence-electron chi connectivity index (χ0n) is 12.4. The molecule has 2 aromatic rings. The maximum Gasteiger partial charge on any atom is 0.339 e. The molecule has 0 aliphatic rings. The van der Waals surface area contributed by atoms with Crippen LogP contribution in [0.5, 0.6) is 11.5 Å². The van der Waals surface area contributed by atoms with Crippen LogP contribution in [-0.4, -0.2) is 29.2 Å². The molecule has 0 radical (unpaired) electrons. The second-order valence-electron chi connectivity index (χ2n) is 4.79. The number of hydrogen-bond acceptors (Lipinski definition) is 4. The lowest BCUT2D eigenvalue weighted by Crippen LogP contribution is -2.14. The first-order chi connectivity index (χ1) is 10.8. The number of rotatable bonds is 4. The normalized spacial score (nSPS) is 10.2. The Balaban J connectivity index is 2.33. The van der Waals surface area contributed by atoms with Crippen molar-refractivity contribution in [2.45, 2.75) is 6.92 Å². The van der Waals surface area contributed by atoms with Crippen LogP contribution in [0.25, 0.3) is 0 Å². The third-order valence-electron chi connectivity index (χ3n) is 3.17. The molecule has 120 valence electrons. The molecule has 2 aromatic carbocycles. The fourth-order valence-electron chi connectivity index (χ4n) is 2.16. The summed E-state index contributed by atoms with van der Waals surface area (Å²) in [5.74, 6) is -1.66. The summed E-state index contributed by atoms with van der Waals surface area (Å²) in [7, 11) is 1.47. The van der Waals surface area contributed by atoms with Crippen molar-refractivity contribution in [2.24, 2.45) is 0 Å². The standard InChI is InChI=1S/C16H14BrNO5/c1-8-5-9(17)6-12(14(8)23-2)15(20)18-10-3-4-11(16(21)22)13(19)7-10/h3-7,19H,1-2H3,(H,18,20)(H,21,22). The number of benzene rings is 2. The van der Waals surface area contributed by atoms with E-state index >= 15 is 0 Å². The van der Waals surface area contributed by atoms with Gasteiger partial charge in [-0.2, -0.15) is 0 Å². The van der Waals surface area contributed by atoms with Crippen molar-refractivity contribution >= 4 is 33.5 Å². The van der Waals surface area contributed by atoms with Crippen LogP contribution in [0, 0.1) is 6.92 Å². The Labute approximate surface area is 140 Å². The highest BCUT2D eigenvalue weighted by Gasteiger charge is 2.17. The number of ether oxygens (including phenoxy) is 1. The first-order valence-corrected chi connectivity index (χ1v) is 7.34. The van der Waals surface area contributed by atoms with Gasteiger partial charge in [0.05, 0.1) is 12.7 Å². The molecule has 0 saturated carbocycles. The van der Waals surface area contributed by atoms with E-state index in [-0.39, 0.29) is 11.3 Å². The maximum atomic E-state index is 12.4. The molecule has 0 aromatic heterocycles. The lowest BCUT2D eigenvalue weighted by molar-refractivity contribution is 0.0693. The van der Waals surface area contributed by atoms with Gasteiger partial charge in [-0.1, -0.05) is 15.9 Å². The first kappa shape index (κ1) is 16.8. The summed E-state index contributed by atoms with van der Waals surface area (Å²) >= 11 is 3.33. The summed E-state index contributed by atoms with van der Waals surface area (Å²) in [5, 5.41) is 21.1. The summed E-state index contributed by atoms with van der Waals surface area (Å²) in [6.07, 6.45) is 0. The minimum atomic E-state index is -1.25. The maximum absolute atomic E-state index is 12.4. The van der Waals surface area contributed by atoms with Crippen LogP contribution < -0.4 is 10.1 Å². The van der Waals surface area contributed by atoms with Crippen LogP contribution in [0.1, 0.15) is 26.3 Å². The molecule has 0 aliphatic heterocycles. The smallest absolute Gasteiger partial charge is 0.339 e. The van der Waals surface area contributed by atoms with Gasteiger partial charge in [0.2, 0.25) is 0 Å². The van der Waals surface area contributed by atoms with Gasteiger partial charge in [-0.25, -0.2) is 4.79 Å². The van der Waals surface area contributed by atoms with Gasteiger partial charge in [0, 0.05) is 16.2 Å². The lowest BCUT2D eigenvalue weighted by atomic mass is 10.1. The van der Waals surface area contributed by atoms with E-state index in [1.807, 2.05) is 13.0 Å². The van der Waals surface area contributed by atoms with Crippen molar-refractivity contribution < 1.29 is 24.5 Å². The van der Waals surface area contributed by atoms with Gasteiger partial charge >= 0.3 is 5.97 Å². The van der Waals surface area contributed by atoms with Crippen molar-refractivity contribution in [3.63, 3.8) is 0 Å². The number of nitrogens with one attached hydrogen (secondary N) is 1. The number of phenols is 1. The van der Waals surface area contributed by atoms with Gasteiger partial charge in [-0.3, -0.25) is 4.79 Å². The van der Waals surface area contributed by atoms with E-state index in [4.69, 9.17) is 9.84 Å². The fourth-order valence-corrected chi connectivity index (χ4v) is 2.73. The Bertz CT molecular complexity index is 788. The van der Waals surface area contributed by atoms with Crippen LogP contribution in [0.2, 0.25) is 0 Å². The molecular formula is C16H14BrNO5. The van der Waals surface area contributed by atoms with E-state index < -0.39 is 17.6 Å². The van der Waals surface area contributed by atoms with Crippen molar-refractivity contribution in [3.8, 4) is 11.5 Å². The molecule has 0 spiro atoms. The number of methoxy groups -OCH3 is 1. The number of aromatic carboxylic acids is 1. The van der Waals surface area contributed by atoms with Gasteiger partial charge in [-0.15, -0.1) is 0 Å². The van der Waals surface area contributed by atoms with Gasteiger partial charge in [-0.05, 0) is 36.8 Å². The molecule has 7 heteroatoms. The number of carboxylic acids is 1. The Morgan fingerprint density at radius 3 is 2.43 bits per heavy atom. The van der Waals surface area contributed by atoms with Gasteiger partial charge in [0.15, 0.2) is 0 Å². The average Bonchev–Trinajstić information content (AvgIpc) is 2.46. The number of anilines is 1. The van der Waals surface area contributed by atoms with Crippen molar-refractivity contribution in [2.75, 3.05) is 12.4 Å². The second kappa shape index (κ2) is 6.70. The highest BCUT2D eigenvalue weighted by molar-refractivity contribution is 9.10. The third-order valence-corrected chi connectivity index (χ3v) is 3.63. The monoisotopic (exact) mass is 379 g/mol. The van der Waals surface area contributed by atoms with E-state index in [1.54, 1.807) is 6.07 Å². The molecule has 0 fully saturated rings. The zero-order valence-corrected chi connectivity index (χ0v) is 14.0. The minimum absolute atomic E-state index is 0.237. The number of amides is 1. The third kappa shape index (κ3) is 3.62. The molecule has 0 unspecified atom stereocenters. The first-order valence-electron chi connectivity index (χ1n) is 6.55. The van der Waals surface area contributed by atoms with E-state index in [1.165, 1.54) is 25.3 Å². The number of carboxylic acid groups (broad SMARTS) is 1. The van der Waals surface area contributed by atoms with Crippen LogP contribution in [0.15, 0.2) is 34.8 Å². The molecule has 6 nitrogen and oxygen atoms in total. The van der Waals surface area contributed by atoms with Crippen LogP contribution in [0.4, 0.5) is 5.69 Å². The lowest BCUT2D eigenvalue weighted by Gasteiger charge is -2.13. The number of aromatic hydroxyl groups is 1.